The van der Waals surface area contributed by atoms with Crippen LogP contribution in [0, 0.1) is 6.92 Å². The molecule has 0 unspecified atom stereocenters. The van der Waals surface area contributed by atoms with Crippen molar-refractivity contribution < 1.29 is 4.84 Å². The molecular formula is C10H17N3O. The molecule has 0 bridgehead atoms. The van der Waals surface area contributed by atoms with Crippen LogP contribution < -0.4 is 5.48 Å². The Hall–Kier alpha value is -1.00. The van der Waals surface area contributed by atoms with Gasteiger partial charge in [-0.1, -0.05) is 0 Å². The fourth-order valence-electron chi connectivity index (χ4n) is 0.930. The molecule has 0 aliphatic heterocycles. The van der Waals surface area contributed by atoms with Gasteiger partial charge in [-0.3, -0.25) is 4.84 Å². The Kier molecular flexibility index (Phi) is 3.55. The minimum Gasteiger partial charge on any atom is -0.296 e. The number of aromatic nitrogens is 2. The highest BCUT2D eigenvalue weighted by atomic mass is 16.7. The van der Waals surface area contributed by atoms with E-state index in [9.17, 15) is 0 Å². The first kappa shape index (κ1) is 11.1. The highest BCUT2D eigenvalue weighted by Gasteiger charge is 2.09. The van der Waals surface area contributed by atoms with Crippen molar-refractivity contribution in [2.75, 3.05) is 0 Å². The first-order valence-corrected chi connectivity index (χ1v) is 4.67. The molecule has 0 saturated heterocycles. The van der Waals surface area contributed by atoms with E-state index >= 15 is 0 Å². The quantitative estimate of drug-likeness (QED) is 0.744. The van der Waals surface area contributed by atoms with Crippen LogP contribution in [0.15, 0.2) is 12.3 Å². The highest BCUT2D eigenvalue weighted by molar-refractivity contribution is 5.00. The van der Waals surface area contributed by atoms with Crippen LogP contribution >= 0.6 is 0 Å². The van der Waals surface area contributed by atoms with Crippen LogP contribution in [0.25, 0.3) is 0 Å². The van der Waals surface area contributed by atoms with Gasteiger partial charge >= 0.3 is 0 Å². The molecule has 14 heavy (non-hydrogen) atoms. The predicted molar refractivity (Wildman–Crippen MR) is 54.4 cm³/mol. The normalized spacial score (nSPS) is 11.7. The van der Waals surface area contributed by atoms with Gasteiger partial charge in [0.25, 0.3) is 0 Å². The number of rotatable bonds is 3. The number of hydrogen-bond donors (Lipinski definition) is 1. The van der Waals surface area contributed by atoms with Gasteiger partial charge in [0.05, 0.1) is 17.8 Å². The van der Waals surface area contributed by atoms with Gasteiger partial charge in [-0.05, 0) is 33.8 Å². The number of hydroxylamine groups is 1. The van der Waals surface area contributed by atoms with Crippen molar-refractivity contribution in [3.8, 4) is 0 Å². The molecule has 1 aromatic rings. The highest BCUT2D eigenvalue weighted by Crippen LogP contribution is 2.04. The standard InChI is InChI=1S/C10H17N3O/c1-8-11-6-5-9(13-8)7-12-14-10(2,3)4/h5-6,12H,7H2,1-4H3. The molecule has 0 saturated carbocycles. The van der Waals surface area contributed by atoms with E-state index in [0.717, 1.165) is 11.5 Å². The third-order valence-electron chi connectivity index (χ3n) is 1.47. The minimum absolute atomic E-state index is 0.178. The van der Waals surface area contributed by atoms with Gasteiger partial charge in [-0.25, -0.2) is 9.97 Å². The lowest BCUT2D eigenvalue weighted by Gasteiger charge is -2.19. The Bertz CT molecular complexity index is 294. The molecule has 0 amide bonds. The van der Waals surface area contributed by atoms with Crippen molar-refractivity contribution in [2.45, 2.75) is 39.8 Å². The summed E-state index contributed by atoms with van der Waals surface area (Å²) in [5, 5.41) is 0. The molecule has 0 aromatic carbocycles. The zero-order valence-corrected chi connectivity index (χ0v) is 9.16. The van der Waals surface area contributed by atoms with Crippen LogP contribution in [-0.2, 0) is 11.4 Å². The molecule has 0 spiro atoms. The summed E-state index contributed by atoms with van der Waals surface area (Å²) in [6.45, 7) is 8.44. The second-order valence-electron chi connectivity index (χ2n) is 4.13. The van der Waals surface area contributed by atoms with E-state index in [-0.39, 0.29) is 5.60 Å². The maximum Gasteiger partial charge on any atom is 0.125 e. The van der Waals surface area contributed by atoms with Gasteiger partial charge in [0.2, 0.25) is 0 Å². The SMILES string of the molecule is Cc1nccc(CNOC(C)(C)C)n1. The molecule has 1 N–H and O–H groups in total. The maximum atomic E-state index is 5.36. The van der Waals surface area contributed by atoms with E-state index in [1.165, 1.54) is 0 Å². The van der Waals surface area contributed by atoms with E-state index < -0.39 is 0 Å². The van der Waals surface area contributed by atoms with Gasteiger partial charge in [0, 0.05) is 6.20 Å². The monoisotopic (exact) mass is 195 g/mol. The zero-order chi connectivity index (χ0) is 10.6. The third kappa shape index (κ3) is 4.30. The molecule has 0 atom stereocenters. The molecule has 1 heterocycles. The van der Waals surface area contributed by atoms with Crippen molar-refractivity contribution in [1.82, 2.24) is 15.4 Å². The van der Waals surface area contributed by atoms with Crippen molar-refractivity contribution in [2.24, 2.45) is 0 Å². The Balaban J connectivity index is 2.39. The van der Waals surface area contributed by atoms with Gasteiger partial charge in [-0.15, -0.1) is 0 Å². The molecule has 78 valence electrons. The third-order valence-corrected chi connectivity index (χ3v) is 1.47. The van der Waals surface area contributed by atoms with E-state index in [0.29, 0.717) is 6.54 Å². The average molecular weight is 195 g/mol. The average Bonchev–Trinajstić information content (AvgIpc) is 2.01. The van der Waals surface area contributed by atoms with E-state index in [1.54, 1.807) is 6.20 Å². The Morgan fingerprint density at radius 1 is 1.43 bits per heavy atom. The summed E-state index contributed by atoms with van der Waals surface area (Å²) in [6, 6.07) is 1.87. The van der Waals surface area contributed by atoms with Crippen LogP contribution in [0.4, 0.5) is 0 Å². The van der Waals surface area contributed by atoms with Crippen molar-refractivity contribution in [3.63, 3.8) is 0 Å². The predicted octanol–water partition coefficient (Wildman–Crippen LogP) is 1.60. The topological polar surface area (TPSA) is 47.0 Å². The smallest absolute Gasteiger partial charge is 0.125 e. The summed E-state index contributed by atoms with van der Waals surface area (Å²) < 4.78 is 0. The lowest BCUT2D eigenvalue weighted by molar-refractivity contribution is -0.0761. The summed E-state index contributed by atoms with van der Waals surface area (Å²) >= 11 is 0. The largest absolute Gasteiger partial charge is 0.296 e. The maximum absolute atomic E-state index is 5.36. The zero-order valence-electron chi connectivity index (χ0n) is 9.16. The fourth-order valence-corrected chi connectivity index (χ4v) is 0.930. The molecule has 0 aliphatic rings. The summed E-state index contributed by atoms with van der Waals surface area (Å²) in [7, 11) is 0. The Morgan fingerprint density at radius 2 is 2.14 bits per heavy atom. The molecule has 4 heteroatoms. The lowest BCUT2D eigenvalue weighted by atomic mass is 10.2. The minimum atomic E-state index is -0.178. The second kappa shape index (κ2) is 4.48. The van der Waals surface area contributed by atoms with Crippen molar-refractivity contribution >= 4 is 0 Å². The Labute approximate surface area is 84.7 Å². The summed E-state index contributed by atoms with van der Waals surface area (Å²) in [6.07, 6.45) is 1.75. The van der Waals surface area contributed by atoms with Crippen LogP contribution in [0.5, 0.6) is 0 Å². The molecule has 1 rings (SSSR count). The van der Waals surface area contributed by atoms with Crippen LogP contribution in [0.3, 0.4) is 0 Å². The molecule has 0 fully saturated rings. The fraction of sp³-hybridized carbons (Fsp3) is 0.600. The first-order valence-electron chi connectivity index (χ1n) is 4.67. The number of nitrogens with zero attached hydrogens (tertiary/aromatic N) is 2. The first-order chi connectivity index (χ1) is 6.47. The van der Waals surface area contributed by atoms with Crippen LogP contribution in [0.2, 0.25) is 0 Å². The summed E-state index contributed by atoms with van der Waals surface area (Å²) in [4.78, 5) is 13.6. The number of nitrogens with one attached hydrogen (secondary N) is 1. The van der Waals surface area contributed by atoms with Crippen LogP contribution in [0.1, 0.15) is 32.3 Å². The van der Waals surface area contributed by atoms with E-state index in [1.807, 2.05) is 33.8 Å². The number of hydrogen-bond acceptors (Lipinski definition) is 4. The second-order valence-corrected chi connectivity index (χ2v) is 4.13. The van der Waals surface area contributed by atoms with Crippen molar-refractivity contribution in [1.29, 1.82) is 0 Å². The van der Waals surface area contributed by atoms with Gasteiger partial charge in [0.15, 0.2) is 0 Å². The van der Waals surface area contributed by atoms with Crippen LogP contribution in [-0.4, -0.2) is 15.6 Å². The number of aryl methyl sites for hydroxylation is 1. The van der Waals surface area contributed by atoms with Gasteiger partial charge < -0.3 is 0 Å². The van der Waals surface area contributed by atoms with Crippen molar-refractivity contribution in [3.05, 3.63) is 23.8 Å². The van der Waals surface area contributed by atoms with Gasteiger partial charge in [-0.2, -0.15) is 5.48 Å². The molecule has 0 radical (unpaired) electrons. The summed E-state index contributed by atoms with van der Waals surface area (Å²) in [5.41, 5.74) is 3.63. The molecular weight excluding hydrogens is 178 g/mol. The summed E-state index contributed by atoms with van der Waals surface area (Å²) in [5.74, 6) is 0.778. The van der Waals surface area contributed by atoms with E-state index in [4.69, 9.17) is 4.84 Å². The molecule has 1 aromatic heterocycles. The molecule has 4 nitrogen and oxygen atoms in total. The lowest BCUT2D eigenvalue weighted by Crippen LogP contribution is -2.29. The molecule has 0 aliphatic carbocycles. The van der Waals surface area contributed by atoms with Gasteiger partial charge in [0.1, 0.15) is 5.82 Å². The Morgan fingerprint density at radius 3 is 2.71 bits per heavy atom. The van der Waals surface area contributed by atoms with E-state index in [2.05, 4.69) is 15.4 Å².